The van der Waals surface area contributed by atoms with Gasteiger partial charge in [0.15, 0.2) is 0 Å². The SMILES string of the molecule is CCCCCCC(=O)N(CCC)Cc1c(C)nn(-c2cccc(F)c2)c1N1CCN(CC)CC1. The smallest absolute Gasteiger partial charge is 0.222 e. The summed E-state index contributed by atoms with van der Waals surface area (Å²) in [5.41, 5.74) is 2.69. The number of rotatable bonds is 12. The van der Waals surface area contributed by atoms with Gasteiger partial charge in [-0.05, 0) is 44.5 Å². The fraction of sp³-hybridized carbons (Fsp3) is 0.630. The van der Waals surface area contributed by atoms with Crippen molar-refractivity contribution in [2.45, 2.75) is 72.8 Å². The van der Waals surface area contributed by atoms with E-state index in [9.17, 15) is 9.18 Å². The highest BCUT2D eigenvalue weighted by Crippen LogP contribution is 2.30. The van der Waals surface area contributed by atoms with Crippen LogP contribution in [0.2, 0.25) is 0 Å². The van der Waals surface area contributed by atoms with Crippen LogP contribution in [0.1, 0.15) is 70.6 Å². The zero-order valence-electron chi connectivity index (χ0n) is 21.5. The van der Waals surface area contributed by atoms with Crippen LogP contribution in [0.5, 0.6) is 0 Å². The number of benzene rings is 1. The number of carbonyl (C=O) groups is 1. The van der Waals surface area contributed by atoms with Crippen LogP contribution in [-0.4, -0.2) is 64.8 Å². The summed E-state index contributed by atoms with van der Waals surface area (Å²) in [5.74, 6) is 0.945. The molecule has 1 aliphatic rings. The second kappa shape index (κ2) is 12.9. The number of piperazine rings is 1. The largest absolute Gasteiger partial charge is 0.354 e. The molecule has 0 bridgehead atoms. The summed E-state index contributed by atoms with van der Waals surface area (Å²) in [7, 11) is 0. The molecule has 0 atom stereocenters. The first-order valence-corrected chi connectivity index (χ1v) is 13.1. The predicted molar refractivity (Wildman–Crippen MR) is 137 cm³/mol. The number of aromatic nitrogens is 2. The maximum atomic E-state index is 14.1. The van der Waals surface area contributed by atoms with Crippen LogP contribution in [0.4, 0.5) is 10.2 Å². The summed E-state index contributed by atoms with van der Waals surface area (Å²) in [6.07, 6.45) is 5.91. The molecule has 0 N–H and O–H groups in total. The highest BCUT2D eigenvalue weighted by molar-refractivity contribution is 5.76. The average Bonchev–Trinajstić information content (AvgIpc) is 3.17. The van der Waals surface area contributed by atoms with Crippen molar-refractivity contribution in [3.8, 4) is 5.69 Å². The van der Waals surface area contributed by atoms with Crippen molar-refractivity contribution in [2.24, 2.45) is 0 Å². The Labute approximate surface area is 204 Å². The van der Waals surface area contributed by atoms with Gasteiger partial charge in [-0.2, -0.15) is 5.10 Å². The van der Waals surface area contributed by atoms with E-state index in [-0.39, 0.29) is 11.7 Å². The number of aryl methyl sites for hydroxylation is 1. The molecule has 34 heavy (non-hydrogen) atoms. The number of amides is 1. The number of carbonyl (C=O) groups excluding carboxylic acids is 1. The second-order valence-electron chi connectivity index (χ2n) is 9.33. The van der Waals surface area contributed by atoms with E-state index in [4.69, 9.17) is 5.10 Å². The molecule has 1 aromatic carbocycles. The lowest BCUT2D eigenvalue weighted by molar-refractivity contribution is -0.132. The first-order chi connectivity index (χ1) is 16.5. The molecule has 6 nitrogen and oxygen atoms in total. The zero-order chi connectivity index (χ0) is 24.5. The monoisotopic (exact) mass is 471 g/mol. The third-order valence-electron chi connectivity index (χ3n) is 6.77. The van der Waals surface area contributed by atoms with Crippen molar-refractivity contribution in [1.82, 2.24) is 19.6 Å². The standard InChI is InChI=1S/C27H42FN5O/c1-5-8-9-10-14-26(34)32(15-6-2)21-25-22(4)29-33(24-13-11-12-23(28)20-24)27(25)31-18-16-30(7-3)17-19-31/h11-13,20H,5-10,14-19,21H2,1-4H3. The van der Waals surface area contributed by atoms with Gasteiger partial charge in [-0.3, -0.25) is 4.79 Å². The van der Waals surface area contributed by atoms with Crippen molar-refractivity contribution in [1.29, 1.82) is 0 Å². The lowest BCUT2D eigenvalue weighted by atomic mass is 10.1. The molecule has 0 radical (unpaired) electrons. The molecular weight excluding hydrogens is 429 g/mol. The molecule has 0 aliphatic carbocycles. The average molecular weight is 472 g/mol. The van der Waals surface area contributed by atoms with E-state index < -0.39 is 0 Å². The minimum Gasteiger partial charge on any atom is -0.354 e. The summed E-state index contributed by atoms with van der Waals surface area (Å²) >= 11 is 0. The van der Waals surface area contributed by atoms with E-state index in [2.05, 4.69) is 30.6 Å². The van der Waals surface area contributed by atoms with Crippen molar-refractivity contribution < 1.29 is 9.18 Å². The number of halogens is 1. The molecule has 0 unspecified atom stereocenters. The molecule has 3 rings (SSSR count). The third kappa shape index (κ3) is 6.59. The highest BCUT2D eigenvalue weighted by Gasteiger charge is 2.27. The van der Waals surface area contributed by atoms with Crippen LogP contribution < -0.4 is 4.90 Å². The van der Waals surface area contributed by atoms with Crippen LogP contribution in [0.3, 0.4) is 0 Å². The van der Waals surface area contributed by atoms with Crippen LogP contribution >= 0.6 is 0 Å². The number of nitrogens with zero attached hydrogens (tertiary/aromatic N) is 5. The minimum absolute atomic E-state index is 0.220. The summed E-state index contributed by atoms with van der Waals surface area (Å²) in [6, 6.07) is 6.61. The molecule has 188 valence electrons. The number of unbranched alkanes of at least 4 members (excludes halogenated alkanes) is 3. The fourth-order valence-electron chi connectivity index (χ4n) is 4.73. The topological polar surface area (TPSA) is 44.6 Å². The van der Waals surface area contributed by atoms with Crippen LogP contribution in [0, 0.1) is 12.7 Å². The van der Waals surface area contributed by atoms with E-state index in [1.54, 1.807) is 6.07 Å². The molecule has 0 spiro atoms. The van der Waals surface area contributed by atoms with Gasteiger partial charge in [0.25, 0.3) is 0 Å². The van der Waals surface area contributed by atoms with Crippen molar-refractivity contribution in [3.05, 3.63) is 41.3 Å². The molecule has 1 amide bonds. The van der Waals surface area contributed by atoms with Crippen LogP contribution in [-0.2, 0) is 11.3 Å². The molecule has 1 aromatic heterocycles. The molecular formula is C27H42FN5O. The molecule has 2 heterocycles. The second-order valence-corrected chi connectivity index (χ2v) is 9.33. The Hall–Kier alpha value is -2.41. The number of anilines is 1. The first kappa shape index (κ1) is 26.2. The minimum atomic E-state index is -0.274. The Morgan fingerprint density at radius 1 is 1.06 bits per heavy atom. The molecule has 2 aromatic rings. The van der Waals surface area contributed by atoms with Gasteiger partial charge in [0.1, 0.15) is 11.6 Å². The Morgan fingerprint density at radius 3 is 2.47 bits per heavy atom. The van der Waals surface area contributed by atoms with Crippen molar-refractivity contribution in [3.63, 3.8) is 0 Å². The summed E-state index contributed by atoms with van der Waals surface area (Å²) < 4.78 is 16.0. The predicted octanol–water partition coefficient (Wildman–Crippen LogP) is 5.17. The number of likely N-dealkylation sites (N-methyl/N-ethyl adjacent to an activating group) is 1. The quantitative estimate of drug-likeness (QED) is 0.401. The Morgan fingerprint density at radius 2 is 1.82 bits per heavy atom. The van der Waals surface area contributed by atoms with E-state index in [0.29, 0.717) is 13.0 Å². The van der Waals surface area contributed by atoms with Gasteiger partial charge in [0, 0.05) is 44.7 Å². The number of hydrogen-bond acceptors (Lipinski definition) is 4. The van der Waals surface area contributed by atoms with Gasteiger partial charge in [-0.25, -0.2) is 9.07 Å². The van der Waals surface area contributed by atoms with E-state index in [1.165, 1.54) is 25.0 Å². The molecule has 1 saturated heterocycles. The normalized spacial score (nSPS) is 14.6. The Kier molecular flexibility index (Phi) is 9.93. The van der Waals surface area contributed by atoms with Crippen molar-refractivity contribution in [2.75, 3.05) is 44.2 Å². The van der Waals surface area contributed by atoms with Gasteiger partial charge < -0.3 is 14.7 Å². The zero-order valence-corrected chi connectivity index (χ0v) is 21.5. The van der Waals surface area contributed by atoms with Gasteiger partial charge in [0.2, 0.25) is 5.91 Å². The molecule has 1 aliphatic heterocycles. The van der Waals surface area contributed by atoms with Crippen molar-refractivity contribution >= 4 is 11.7 Å². The number of hydrogen-bond donors (Lipinski definition) is 0. The highest BCUT2D eigenvalue weighted by atomic mass is 19.1. The summed E-state index contributed by atoms with van der Waals surface area (Å²) in [5, 5.41) is 4.85. The van der Waals surface area contributed by atoms with E-state index in [1.807, 2.05) is 22.6 Å². The Balaban J connectivity index is 1.92. The van der Waals surface area contributed by atoms with Gasteiger partial charge in [0.05, 0.1) is 17.9 Å². The van der Waals surface area contributed by atoms with Crippen LogP contribution in [0.25, 0.3) is 5.69 Å². The maximum Gasteiger partial charge on any atom is 0.222 e. The van der Waals surface area contributed by atoms with Gasteiger partial charge in [-0.1, -0.05) is 46.1 Å². The van der Waals surface area contributed by atoms with E-state index >= 15 is 0 Å². The molecule has 1 fully saturated rings. The Bertz CT molecular complexity index is 920. The summed E-state index contributed by atoms with van der Waals surface area (Å²) in [4.78, 5) is 19.9. The fourth-order valence-corrected chi connectivity index (χ4v) is 4.73. The lowest BCUT2D eigenvalue weighted by Gasteiger charge is -2.36. The van der Waals surface area contributed by atoms with Crippen LogP contribution in [0.15, 0.2) is 24.3 Å². The summed E-state index contributed by atoms with van der Waals surface area (Å²) in [6.45, 7) is 14.6. The van der Waals surface area contributed by atoms with E-state index in [0.717, 1.165) is 81.3 Å². The maximum absolute atomic E-state index is 14.1. The van der Waals surface area contributed by atoms with Gasteiger partial charge >= 0.3 is 0 Å². The third-order valence-corrected chi connectivity index (χ3v) is 6.77. The van der Waals surface area contributed by atoms with Gasteiger partial charge in [-0.15, -0.1) is 0 Å². The molecule has 0 saturated carbocycles. The first-order valence-electron chi connectivity index (χ1n) is 13.1. The molecule has 7 heteroatoms. The lowest BCUT2D eigenvalue weighted by Crippen LogP contribution is -2.47.